The largest absolute Gasteiger partial charge is 0.326 e. The second-order valence-corrected chi connectivity index (χ2v) is 8.00. The molecule has 1 aliphatic rings. The number of carbonyl (C=O) groups is 1. The quantitative estimate of drug-likeness (QED) is 0.629. The zero-order chi connectivity index (χ0) is 18.7. The van der Waals surface area contributed by atoms with Gasteiger partial charge in [0.15, 0.2) is 0 Å². The van der Waals surface area contributed by atoms with Crippen molar-refractivity contribution in [2.75, 3.05) is 18.4 Å². The molecule has 0 atom stereocenters. The molecule has 0 bridgehead atoms. The van der Waals surface area contributed by atoms with Gasteiger partial charge in [0.25, 0.3) is 0 Å². The van der Waals surface area contributed by atoms with Gasteiger partial charge in [0.05, 0.1) is 10.0 Å². The molecule has 2 aromatic carbocycles. The lowest BCUT2D eigenvalue weighted by molar-refractivity contribution is -0.121. The van der Waals surface area contributed by atoms with Gasteiger partial charge < -0.3 is 5.32 Å². The van der Waals surface area contributed by atoms with Crippen molar-refractivity contribution >= 4 is 58.0 Å². The highest BCUT2D eigenvalue weighted by Gasteiger charge is 2.25. The summed E-state index contributed by atoms with van der Waals surface area (Å²) in [5.41, 5.74) is 1.60. The minimum atomic E-state index is -0.0255. The summed E-state index contributed by atoms with van der Waals surface area (Å²) in [5.74, 6) is -0.0127. The number of hydrogen-bond donors (Lipinski definition) is 1. The standard InChI is InChI=1S/C19H18Cl4N2O/c20-15-2-1-3-16(21)14(15)11-25-8-6-12(7-9-25)19(26)24-13-4-5-17(22)18(23)10-13/h1-5,10,12H,6-9,11H2,(H,24,26). The Kier molecular flexibility index (Phi) is 6.70. The summed E-state index contributed by atoms with van der Waals surface area (Å²) >= 11 is 24.4. The molecule has 1 fully saturated rings. The number of likely N-dealkylation sites (tertiary alicyclic amines) is 1. The van der Waals surface area contributed by atoms with E-state index >= 15 is 0 Å². The Morgan fingerprint density at radius 2 is 1.62 bits per heavy atom. The minimum absolute atomic E-state index is 0.0128. The highest BCUT2D eigenvalue weighted by atomic mass is 35.5. The normalized spacial score (nSPS) is 15.8. The predicted molar refractivity (Wildman–Crippen MR) is 110 cm³/mol. The topological polar surface area (TPSA) is 32.3 Å². The SMILES string of the molecule is O=C(Nc1ccc(Cl)c(Cl)c1)C1CCN(Cc2c(Cl)cccc2Cl)CC1. The minimum Gasteiger partial charge on any atom is -0.326 e. The first kappa shape index (κ1) is 19.8. The van der Waals surface area contributed by atoms with Crippen molar-refractivity contribution in [3.05, 3.63) is 62.1 Å². The van der Waals surface area contributed by atoms with Gasteiger partial charge in [-0.2, -0.15) is 0 Å². The fraction of sp³-hybridized carbons (Fsp3) is 0.316. The summed E-state index contributed by atoms with van der Waals surface area (Å²) in [5, 5.41) is 5.17. The van der Waals surface area contributed by atoms with E-state index in [2.05, 4.69) is 10.2 Å². The summed E-state index contributed by atoms with van der Waals surface area (Å²) in [7, 11) is 0. The van der Waals surface area contributed by atoms with Gasteiger partial charge in [0.1, 0.15) is 0 Å². The number of piperidine rings is 1. The number of benzene rings is 2. The fourth-order valence-electron chi connectivity index (χ4n) is 3.08. The average molecular weight is 432 g/mol. The predicted octanol–water partition coefficient (Wildman–Crippen LogP) is 6.15. The summed E-state index contributed by atoms with van der Waals surface area (Å²) in [6.45, 7) is 2.33. The maximum atomic E-state index is 12.5. The van der Waals surface area contributed by atoms with Gasteiger partial charge in [0.2, 0.25) is 5.91 Å². The number of nitrogens with zero attached hydrogens (tertiary/aromatic N) is 1. The average Bonchev–Trinajstić information content (AvgIpc) is 2.62. The first-order valence-corrected chi connectivity index (χ1v) is 9.86. The summed E-state index contributed by atoms with van der Waals surface area (Å²) < 4.78 is 0. The Labute approximate surface area is 173 Å². The van der Waals surface area contributed by atoms with Crippen LogP contribution in [0.15, 0.2) is 36.4 Å². The summed E-state index contributed by atoms with van der Waals surface area (Å²) in [6, 6.07) is 10.6. The highest BCUT2D eigenvalue weighted by Crippen LogP contribution is 2.29. The molecule has 1 saturated heterocycles. The van der Waals surface area contributed by atoms with Crippen molar-refractivity contribution in [1.82, 2.24) is 4.90 Å². The third kappa shape index (κ3) is 4.85. The Bertz CT molecular complexity index is 784. The molecule has 1 amide bonds. The summed E-state index contributed by atoms with van der Waals surface area (Å²) in [6.07, 6.45) is 1.57. The van der Waals surface area contributed by atoms with Crippen LogP contribution < -0.4 is 5.32 Å². The smallest absolute Gasteiger partial charge is 0.227 e. The molecule has 7 heteroatoms. The Hall–Kier alpha value is -0.970. The van der Waals surface area contributed by atoms with Crippen molar-refractivity contribution < 1.29 is 4.79 Å². The van der Waals surface area contributed by atoms with Crippen LogP contribution in [0.1, 0.15) is 18.4 Å². The molecule has 1 aliphatic heterocycles. The van der Waals surface area contributed by atoms with Gasteiger partial charge in [-0.3, -0.25) is 9.69 Å². The van der Waals surface area contributed by atoms with Gasteiger partial charge in [-0.05, 0) is 56.3 Å². The molecule has 0 spiro atoms. The molecule has 3 nitrogen and oxygen atoms in total. The van der Waals surface area contributed by atoms with Crippen LogP contribution in [0.2, 0.25) is 20.1 Å². The molecule has 3 rings (SSSR count). The van der Waals surface area contributed by atoms with E-state index in [4.69, 9.17) is 46.4 Å². The molecule has 0 saturated carbocycles. The van der Waals surface area contributed by atoms with Crippen LogP contribution in [0, 0.1) is 5.92 Å². The third-order valence-electron chi connectivity index (χ3n) is 4.59. The van der Waals surface area contributed by atoms with Gasteiger partial charge in [0, 0.05) is 33.8 Å². The molecular weight excluding hydrogens is 414 g/mol. The third-order valence-corrected chi connectivity index (χ3v) is 6.04. The Morgan fingerprint density at radius 3 is 2.23 bits per heavy atom. The highest BCUT2D eigenvalue weighted by molar-refractivity contribution is 6.42. The maximum Gasteiger partial charge on any atom is 0.227 e. The maximum absolute atomic E-state index is 12.5. The van der Waals surface area contributed by atoms with Crippen LogP contribution in [-0.2, 0) is 11.3 Å². The van der Waals surface area contributed by atoms with E-state index in [-0.39, 0.29) is 11.8 Å². The lowest BCUT2D eigenvalue weighted by Crippen LogP contribution is -2.37. The van der Waals surface area contributed by atoms with E-state index in [0.29, 0.717) is 32.3 Å². The van der Waals surface area contributed by atoms with Crippen LogP contribution >= 0.6 is 46.4 Å². The van der Waals surface area contributed by atoms with Gasteiger partial charge in [-0.15, -0.1) is 0 Å². The van der Waals surface area contributed by atoms with Crippen molar-refractivity contribution in [3.8, 4) is 0 Å². The number of rotatable bonds is 4. The van der Waals surface area contributed by atoms with E-state index in [0.717, 1.165) is 31.5 Å². The number of carbonyl (C=O) groups excluding carboxylic acids is 1. The first-order chi connectivity index (χ1) is 12.4. The molecule has 1 N–H and O–H groups in total. The second kappa shape index (κ2) is 8.81. The van der Waals surface area contributed by atoms with Crippen LogP contribution in [-0.4, -0.2) is 23.9 Å². The van der Waals surface area contributed by atoms with Crippen LogP contribution in [0.3, 0.4) is 0 Å². The zero-order valence-corrected chi connectivity index (χ0v) is 17.0. The van der Waals surface area contributed by atoms with Crippen molar-refractivity contribution in [2.45, 2.75) is 19.4 Å². The zero-order valence-electron chi connectivity index (χ0n) is 13.9. The molecule has 138 valence electrons. The number of hydrogen-bond acceptors (Lipinski definition) is 2. The fourth-order valence-corrected chi connectivity index (χ4v) is 3.89. The lowest BCUT2D eigenvalue weighted by Gasteiger charge is -2.31. The molecule has 0 aliphatic carbocycles. The summed E-state index contributed by atoms with van der Waals surface area (Å²) in [4.78, 5) is 14.8. The lowest BCUT2D eigenvalue weighted by atomic mass is 9.95. The first-order valence-electron chi connectivity index (χ1n) is 8.35. The van der Waals surface area contributed by atoms with Crippen LogP contribution in [0.25, 0.3) is 0 Å². The number of amides is 1. The number of halogens is 4. The van der Waals surface area contributed by atoms with Crippen molar-refractivity contribution in [2.24, 2.45) is 5.92 Å². The van der Waals surface area contributed by atoms with E-state index < -0.39 is 0 Å². The Balaban J connectivity index is 1.54. The second-order valence-electron chi connectivity index (χ2n) is 6.37. The number of anilines is 1. The molecule has 0 radical (unpaired) electrons. The van der Waals surface area contributed by atoms with Crippen molar-refractivity contribution in [1.29, 1.82) is 0 Å². The molecule has 0 aromatic heterocycles. The van der Waals surface area contributed by atoms with Crippen LogP contribution in [0.5, 0.6) is 0 Å². The van der Waals surface area contributed by atoms with Crippen LogP contribution in [0.4, 0.5) is 5.69 Å². The molecule has 26 heavy (non-hydrogen) atoms. The Morgan fingerprint density at radius 1 is 0.962 bits per heavy atom. The molecule has 1 heterocycles. The molecular formula is C19H18Cl4N2O. The van der Waals surface area contributed by atoms with Gasteiger partial charge in [-0.25, -0.2) is 0 Å². The van der Waals surface area contributed by atoms with Crippen molar-refractivity contribution in [3.63, 3.8) is 0 Å². The van der Waals surface area contributed by atoms with E-state index in [1.807, 2.05) is 18.2 Å². The number of nitrogens with one attached hydrogen (secondary N) is 1. The van der Waals surface area contributed by atoms with E-state index in [9.17, 15) is 4.79 Å². The van der Waals surface area contributed by atoms with Gasteiger partial charge in [-0.1, -0.05) is 52.5 Å². The van der Waals surface area contributed by atoms with Gasteiger partial charge >= 0.3 is 0 Å². The van der Waals surface area contributed by atoms with E-state index in [1.165, 1.54) is 0 Å². The molecule has 0 unspecified atom stereocenters. The monoisotopic (exact) mass is 430 g/mol. The molecule has 2 aromatic rings. The van der Waals surface area contributed by atoms with E-state index in [1.54, 1.807) is 18.2 Å².